The van der Waals surface area contributed by atoms with Crippen LogP contribution >= 0.6 is 0 Å². The molecule has 4 nitrogen and oxygen atoms in total. The fourth-order valence-electron chi connectivity index (χ4n) is 1.41. The first-order valence-corrected chi connectivity index (χ1v) is 6.33. The second-order valence-corrected chi connectivity index (χ2v) is 4.39. The van der Waals surface area contributed by atoms with Crippen LogP contribution in [0.2, 0.25) is 0 Å². The number of hydrogen-bond acceptors (Lipinski definition) is 3. The van der Waals surface area contributed by atoms with Gasteiger partial charge in [0, 0.05) is 12.2 Å². The van der Waals surface area contributed by atoms with Crippen LogP contribution in [-0.4, -0.2) is 25.2 Å². The van der Waals surface area contributed by atoms with Gasteiger partial charge in [0.05, 0.1) is 6.10 Å². The Morgan fingerprint density at radius 3 is 2.50 bits per heavy atom. The zero-order valence-corrected chi connectivity index (χ0v) is 11.3. The molecule has 4 heteroatoms. The lowest BCUT2D eigenvalue weighted by Gasteiger charge is -2.09. The molecule has 0 atom stereocenters. The van der Waals surface area contributed by atoms with Crippen LogP contribution in [0, 0.1) is 0 Å². The number of benzene rings is 1. The van der Waals surface area contributed by atoms with E-state index in [0.29, 0.717) is 0 Å². The van der Waals surface area contributed by atoms with Gasteiger partial charge in [-0.25, -0.2) is 0 Å². The molecule has 0 heterocycles. The molecule has 0 saturated carbocycles. The van der Waals surface area contributed by atoms with Crippen molar-refractivity contribution in [1.82, 2.24) is 5.32 Å². The summed E-state index contributed by atoms with van der Waals surface area (Å²) in [4.78, 5) is 11.5. The number of carbonyl (C=O) groups excluding carboxylic acids is 1. The highest BCUT2D eigenvalue weighted by molar-refractivity contribution is 5.91. The number of carbonyl (C=O) groups is 1. The molecule has 0 aromatic heterocycles. The van der Waals surface area contributed by atoms with E-state index in [1.807, 2.05) is 38.1 Å². The predicted octanol–water partition coefficient (Wildman–Crippen LogP) is 2.16. The monoisotopic (exact) mass is 250 g/mol. The molecule has 2 N–H and O–H groups in total. The predicted molar refractivity (Wildman–Crippen MR) is 73.5 cm³/mol. The van der Waals surface area contributed by atoms with E-state index in [9.17, 15) is 4.79 Å². The number of anilines is 1. The molecule has 18 heavy (non-hydrogen) atoms. The summed E-state index contributed by atoms with van der Waals surface area (Å²) in [6, 6.07) is 7.81. The first-order valence-electron chi connectivity index (χ1n) is 6.33. The lowest BCUT2D eigenvalue weighted by atomic mass is 10.2. The van der Waals surface area contributed by atoms with E-state index in [2.05, 4.69) is 17.6 Å². The minimum absolute atomic E-state index is 0.0678. The van der Waals surface area contributed by atoms with Crippen LogP contribution in [0.15, 0.2) is 24.3 Å². The number of ether oxygens (including phenoxy) is 1. The van der Waals surface area contributed by atoms with E-state index < -0.39 is 0 Å². The van der Waals surface area contributed by atoms with Gasteiger partial charge in [-0.2, -0.15) is 0 Å². The van der Waals surface area contributed by atoms with Crippen molar-refractivity contribution < 1.29 is 9.53 Å². The molecule has 1 rings (SSSR count). The topological polar surface area (TPSA) is 50.4 Å². The van der Waals surface area contributed by atoms with Gasteiger partial charge in [-0.05, 0) is 38.1 Å². The van der Waals surface area contributed by atoms with Crippen LogP contribution in [0.3, 0.4) is 0 Å². The maximum Gasteiger partial charge on any atom is 0.250 e. The van der Waals surface area contributed by atoms with Crippen molar-refractivity contribution in [3.05, 3.63) is 29.8 Å². The van der Waals surface area contributed by atoms with Crippen molar-refractivity contribution in [2.45, 2.75) is 33.4 Å². The molecule has 0 aliphatic heterocycles. The fraction of sp³-hybridized carbons (Fsp3) is 0.500. The van der Waals surface area contributed by atoms with Gasteiger partial charge in [0.25, 0.3) is 0 Å². The number of rotatable bonds is 7. The van der Waals surface area contributed by atoms with Crippen molar-refractivity contribution in [1.29, 1.82) is 0 Å². The number of nitrogens with one attached hydrogen (secondary N) is 2. The Labute approximate surface area is 109 Å². The summed E-state index contributed by atoms with van der Waals surface area (Å²) in [5.41, 5.74) is 2.00. The standard InChI is InChI=1S/C14H22N2O2/c1-4-15-9-12-5-7-13(8-6-12)16-14(17)10-18-11(2)3/h5-8,11,15H,4,9-10H2,1-3H3,(H,16,17). The summed E-state index contributed by atoms with van der Waals surface area (Å²) >= 11 is 0. The van der Waals surface area contributed by atoms with Gasteiger partial charge in [-0.15, -0.1) is 0 Å². The van der Waals surface area contributed by atoms with Gasteiger partial charge in [0.2, 0.25) is 5.91 Å². The molecule has 0 unspecified atom stereocenters. The van der Waals surface area contributed by atoms with Crippen molar-refractivity contribution in [3.8, 4) is 0 Å². The molecule has 0 saturated heterocycles. The zero-order valence-electron chi connectivity index (χ0n) is 11.3. The van der Waals surface area contributed by atoms with Crippen molar-refractivity contribution in [2.24, 2.45) is 0 Å². The summed E-state index contributed by atoms with van der Waals surface area (Å²) in [6.07, 6.45) is 0.0678. The maximum atomic E-state index is 11.5. The van der Waals surface area contributed by atoms with Crippen molar-refractivity contribution in [2.75, 3.05) is 18.5 Å². The lowest BCUT2D eigenvalue weighted by Crippen LogP contribution is -2.20. The molecule has 0 radical (unpaired) electrons. The minimum atomic E-state index is -0.122. The molecule has 0 fully saturated rings. The first kappa shape index (κ1) is 14.7. The maximum absolute atomic E-state index is 11.5. The molecule has 1 amide bonds. The third-order valence-corrected chi connectivity index (χ3v) is 2.36. The molecular weight excluding hydrogens is 228 g/mol. The van der Waals surface area contributed by atoms with E-state index >= 15 is 0 Å². The van der Waals surface area contributed by atoms with E-state index in [0.717, 1.165) is 18.8 Å². The summed E-state index contributed by atoms with van der Waals surface area (Å²) in [5, 5.41) is 6.05. The van der Waals surface area contributed by atoms with Crippen LogP contribution in [0.5, 0.6) is 0 Å². The van der Waals surface area contributed by atoms with Crippen molar-refractivity contribution in [3.63, 3.8) is 0 Å². The van der Waals surface area contributed by atoms with Gasteiger partial charge in [0.15, 0.2) is 0 Å². The Bertz CT molecular complexity index is 361. The zero-order chi connectivity index (χ0) is 13.4. The van der Waals surface area contributed by atoms with E-state index in [1.54, 1.807) is 0 Å². The summed E-state index contributed by atoms with van der Waals surface area (Å²) in [7, 11) is 0. The average molecular weight is 250 g/mol. The Morgan fingerprint density at radius 2 is 1.94 bits per heavy atom. The lowest BCUT2D eigenvalue weighted by molar-refractivity contribution is -0.121. The highest BCUT2D eigenvalue weighted by atomic mass is 16.5. The largest absolute Gasteiger partial charge is 0.369 e. The van der Waals surface area contributed by atoms with Gasteiger partial charge in [0.1, 0.15) is 6.61 Å². The van der Waals surface area contributed by atoms with E-state index in [-0.39, 0.29) is 18.6 Å². The quantitative estimate of drug-likeness (QED) is 0.779. The molecule has 0 aliphatic carbocycles. The second-order valence-electron chi connectivity index (χ2n) is 4.39. The SMILES string of the molecule is CCNCc1ccc(NC(=O)COC(C)C)cc1. The van der Waals surface area contributed by atoms with E-state index in [1.165, 1.54) is 5.56 Å². The number of hydrogen-bond donors (Lipinski definition) is 2. The normalized spacial score (nSPS) is 10.7. The molecule has 1 aromatic carbocycles. The third kappa shape index (κ3) is 5.80. The summed E-state index contributed by atoms with van der Waals surface area (Å²) in [6.45, 7) is 7.78. The van der Waals surface area contributed by atoms with Crippen LogP contribution in [0.25, 0.3) is 0 Å². The van der Waals surface area contributed by atoms with E-state index in [4.69, 9.17) is 4.74 Å². The van der Waals surface area contributed by atoms with Gasteiger partial charge >= 0.3 is 0 Å². The smallest absolute Gasteiger partial charge is 0.250 e. The van der Waals surface area contributed by atoms with Crippen LogP contribution < -0.4 is 10.6 Å². The Morgan fingerprint density at radius 1 is 1.28 bits per heavy atom. The highest BCUT2D eigenvalue weighted by Crippen LogP contribution is 2.09. The third-order valence-electron chi connectivity index (χ3n) is 2.36. The van der Waals surface area contributed by atoms with Gasteiger partial charge < -0.3 is 15.4 Å². The van der Waals surface area contributed by atoms with Crippen LogP contribution in [0.1, 0.15) is 26.3 Å². The van der Waals surface area contributed by atoms with Crippen LogP contribution in [-0.2, 0) is 16.1 Å². The number of amides is 1. The summed E-state index contributed by atoms with van der Waals surface area (Å²) < 4.78 is 5.23. The molecule has 0 bridgehead atoms. The fourth-order valence-corrected chi connectivity index (χ4v) is 1.41. The molecule has 1 aromatic rings. The molecule has 0 aliphatic rings. The Hall–Kier alpha value is -1.39. The van der Waals surface area contributed by atoms with Crippen LogP contribution in [0.4, 0.5) is 5.69 Å². The Kier molecular flexibility index (Phi) is 6.39. The second kappa shape index (κ2) is 7.84. The first-order chi connectivity index (χ1) is 8.61. The molecule has 100 valence electrons. The molecular formula is C14H22N2O2. The average Bonchev–Trinajstić information content (AvgIpc) is 2.35. The molecule has 0 spiro atoms. The van der Waals surface area contributed by atoms with Crippen molar-refractivity contribution >= 4 is 11.6 Å². The minimum Gasteiger partial charge on any atom is -0.369 e. The van der Waals surface area contributed by atoms with Gasteiger partial charge in [-0.3, -0.25) is 4.79 Å². The Balaban J connectivity index is 2.40. The van der Waals surface area contributed by atoms with Gasteiger partial charge in [-0.1, -0.05) is 19.1 Å². The summed E-state index contributed by atoms with van der Waals surface area (Å²) in [5.74, 6) is -0.122. The highest BCUT2D eigenvalue weighted by Gasteiger charge is 2.03.